The van der Waals surface area contributed by atoms with Crippen molar-refractivity contribution in [3.05, 3.63) is 0 Å². The van der Waals surface area contributed by atoms with Crippen molar-refractivity contribution in [3.8, 4) is 0 Å². The van der Waals surface area contributed by atoms with Crippen LogP contribution in [-0.2, 0) is 4.74 Å². The van der Waals surface area contributed by atoms with E-state index in [4.69, 9.17) is 4.74 Å². The van der Waals surface area contributed by atoms with Crippen LogP contribution in [0.2, 0.25) is 0 Å². The monoisotopic (exact) mass is 261 g/mol. The molecule has 0 bridgehead atoms. The van der Waals surface area contributed by atoms with Crippen molar-refractivity contribution in [2.75, 3.05) is 50.1 Å². The van der Waals surface area contributed by atoms with Crippen LogP contribution in [-0.4, -0.2) is 55.0 Å². The lowest BCUT2D eigenvalue weighted by Crippen LogP contribution is -2.43. The lowest BCUT2D eigenvalue weighted by Gasteiger charge is -2.39. The van der Waals surface area contributed by atoms with Gasteiger partial charge in [0.05, 0.1) is 0 Å². The second-order valence-corrected chi connectivity index (χ2v) is 6.55. The SMILES string of the molecule is SCC1(CN2CCCSCC2)CCOCC1. The van der Waals surface area contributed by atoms with Crippen LogP contribution < -0.4 is 0 Å². The average molecular weight is 261 g/mol. The van der Waals surface area contributed by atoms with Crippen molar-refractivity contribution in [1.82, 2.24) is 4.90 Å². The lowest BCUT2D eigenvalue weighted by atomic mass is 9.81. The summed E-state index contributed by atoms with van der Waals surface area (Å²) in [5.41, 5.74) is 0.427. The van der Waals surface area contributed by atoms with Gasteiger partial charge in [-0.25, -0.2) is 0 Å². The minimum absolute atomic E-state index is 0.427. The summed E-state index contributed by atoms with van der Waals surface area (Å²) in [7, 11) is 0. The zero-order chi connectivity index (χ0) is 11.3. The fourth-order valence-electron chi connectivity index (χ4n) is 2.60. The molecule has 94 valence electrons. The first-order valence-electron chi connectivity index (χ1n) is 6.33. The van der Waals surface area contributed by atoms with Crippen LogP contribution in [0.1, 0.15) is 19.3 Å². The quantitative estimate of drug-likeness (QED) is 0.782. The Morgan fingerprint density at radius 3 is 2.75 bits per heavy atom. The van der Waals surface area contributed by atoms with Crippen LogP contribution in [0.3, 0.4) is 0 Å². The molecular formula is C12H23NOS2. The van der Waals surface area contributed by atoms with Crippen LogP contribution in [0.5, 0.6) is 0 Å². The largest absolute Gasteiger partial charge is 0.381 e. The number of thiol groups is 1. The molecule has 0 N–H and O–H groups in total. The highest BCUT2D eigenvalue weighted by atomic mass is 32.2. The maximum atomic E-state index is 5.48. The summed E-state index contributed by atoms with van der Waals surface area (Å²) in [6, 6.07) is 0. The molecule has 0 amide bonds. The number of nitrogens with zero attached hydrogens (tertiary/aromatic N) is 1. The van der Waals surface area contributed by atoms with Gasteiger partial charge in [0.25, 0.3) is 0 Å². The van der Waals surface area contributed by atoms with Gasteiger partial charge in [0.2, 0.25) is 0 Å². The fourth-order valence-corrected chi connectivity index (χ4v) is 3.94. The summed E-state index contributed by atoms with van der Waals surface area (Å²) in [5, 5.41) is 0. The van der Waals surface area contributed by atoms with E-state index >= 15 is 0 Å². The number of hydrogen-bond donors (Lipinski definition) is 1. The van der Waals surface area contributed by atoms with Gasteiger partial charge in [-0.3, -0.25) is 0 Å². The van der Waals surface area contributed by atoms with Crippen LogP contribution in [0.25, 0.3) is 0 Å². The van der Waals surface area contributed by atoms with E-state index in [9.17, 15) is 0 Å². The molecule has 2 heterocycles. The van der Waals surface area contributed by atoms with E-state index < -0.39 is 0 Å². The van der Waals surface area contributed by atoms with Crippen molar-refractivity contribution in [3.63, 3.8) is 0 Å². The first-order chi connectivity index (χ1) is 7.85. The third kappa shape index (κ3) is 3.56. The van der Waals surface area contributed by atoms with E-state index in [1.807, 2.05) is 0 Å². The van der Waals surface area contributed by atoms with Crippen molar-refractivity contribution in [2.24, 2.45) is 5.41 Å². The highest BCUT2D eigenvalue weighted by Crippen LogP contribution is 2.33. The molecular weight excluding hydrogens is 238 g/mol. The number of thioether (sulfide) groups is 1. The van der Waals surface area contributed by atoms with Gasteiger partial charge in [0.15, 0.2) is 0 Å². The zero-order valence-electron chi connectivity index (χ0n) is 9.99. The van der Waals surface area contributed by atoms with Crippen LogP contribution >= 0.6 is 24.4 Å². The van der Waals surface area contributed by atoms with E-state index in [1.54, 1.807) is 0 Å². The molecule has 0 aliphatic carbocycles. The van der Waals surface area contributed by atoms with E-state index in [-0.39, 0.29) is 0 Å². The third-order valence-electron chi connectivity index (χ3n) is 3.76. The molecule has 0 saturated carbocycles. The highest BCUT2D eigenvalue weighted by molar-refractivity contribution is 7.99. The maximum absolute atomic E-state index is 5.48. The first kappa shape index (κ1) is 13.1. The summed E-state index contributed by atoms with van der Waals surface area (Å²) >= 11 is 6.69. The normalized spacial score (nSPS) is 27.6. The Bertz CT molecular complexity index is 199. The van der Waals surface area contributed by atoms with Crippen molar-refractivity contribution < 1.29 is 4.74 Å². The highest BCUT2D eigenvalue weighted by Gasteiger charge is 2.33. The lowest BCUT2D eigenvalue weighted by molar-refractivity contribution is 0.00890. The number of ether oxygens (including phenoxy) is 1. The molecule has 2 aliphatic rings. The minimum Gasteiger partial charge on any atom is -0.381 e. The molecule has 2 fully saturated rings. The summed E-state index contributed by atoms with van der Waals surface area (Å²) in [5.74, 6) is 3.66. The molecule has 0 aromatic rings. The third-order valence-corrected chi connectivity index (χ3v) is 5.48. The van der Waals surface area contributed by atoms with Gasteiger partial charge in [-0.1, -0.05) is 0 Å². The van der Waals surface area contributed by atoms with Crippen LogP contribution in [0, 0.1) is 5.41 Å². The topological polar surface area (TPSA) is 12.5 Å². The van der Waals surface area contributed by atoms with Gasteiger partial charge < -0.3 is 9.64 Å². The Morgan fingerprint density at radius 2 is 2.00 bits per heavy atom. The molecule has 0 aromatic heterocycles. The Hall–Kier alpha value is 0.620. The van der Waals surface area contributed by atoms with Crippen molar-refractivity contribution >= 4 is 24.4 Å². The summed E-state index contributed by atoms with van der Waals surface area (Å²) in [6.45, 7) is 5.65. The van der Waals surface area contributed by atoms with Gasteiger partial charge in [-0.15, -0.1) is 0 Å². The molecule has 0 radical (unpaired) electrons. The fraction of sp³-hybridized carbons (Fsp3) is 1.00. The molecule has 2 rings (SSSR count). The summed E-state index contributed by atoms with van der Waals surface area (Å²) in [4.78, 5) is 2.65. The Labute approximate surface area is 109 Å². The molecule has 4 heteroatoms. The predicted octanol–water partition coefficient (Wildman–Crippen LogP) is 2.15. The molecule has 0 atom stereocenters. The Morgan fingerprint density at radius 1 is 1.19 bits per heavy atom. The van der Waals surface area contributed by atoms with Crippen LogP contribution in [0.15, 0.2) is 0 Å². The second-order valence-electron chi connectivity index (χ2n) is 5.01. The van der Waals surface area contributed by atoms with Gasteiger partial charge in [0, 0.05) is 32.1 Å². The number of rotatable bonds is 3. The standard InChI is InChI=1S/C12H23NOS2/c15-11-12(2-6-14-7-3-12)10-13-4-1-8-16-9-5-13/h15H,1-11H2. The summed E-state index contributed by atoms with van der Waals surface area (Å²) < 4.78 is 5.48. The zero-order valence-corrected chi connectivity index (χ0v) is 11.7. The molecule has 2 saturated heterocycles. The molecule has 0 spiro atoms. The predicted molar refractivity (Wildman–Crippen MR) is 74.7 cm³/mol. The Balaban J connectivity index is 1.88. The summed E-state index contributed by atoms with van der Waals surface area (Å²) in [6.07, 6.45) is 3.74. The first-order valence-corrected chi connectivity index (χ1v) is 8.12. The van der Waals surface area contributed by atoms with Gasteiger partial charge in [-0.2, -0.15) is 24.4 Å². The smallest absolute Gasteiger partial charge is 0.0472 e. The Kier molecular flexibility index (Phi) is 5.33. The van der Waals surface area contributed by atoms with E-state index in [1.165, 1.54) is 50.4 Å². The number of hydrogen-bond acceptors (Lipinski definition) is 4. The average Bonchev–Trinajstić information content (AvgIpc) is 2.59. The van der Waals surface area contributed by atoms with E-state index in [0.717, 1.165) is 19.0 Å². The molecule has 0 aromatic carbocycles. The van der Waals surface area contributed by atoms with E-state index in [2.05, 4.69) is 29.3 Å². The molecule has 2 nitrogen and oxygen atoms in total. The molecule has 0 unspecified atom stereocenters. The van der Waals surface area contributed by atoms with Gasteiger partial charge >= 0.3 is 0 Å². The maximum Gasteiger partial charge on any atom is 0.0472 e. The second kappa shape index (κ2) is 6.53. The van der Waals surface area contributed by atoms with Crippen LogP contribution in [0.4, 0.5) is 0 Å². The minimum atomic E-state index is 0.427. The van der Waals surface area contributed by atoms with Gasteiger partial charge in [-0.05, 0) is 42.7 Å². The van der Waals surface area contributed by atoms with Gasteiger partial charge in [0.1, 0.15) is 0 Å². The van der Waals surface area contributed by atoms with Crippen molar-refractivity contribution in [1.29, 1.82) is 0 Å². The van der Waals surface area contributed by atoms with E-state index in [0.29, 0.717) is 5.41 Å². The molecule has 2 aliphatic heterocycles. The van der Waals surface area contributed by atoms with Crippen molar-refractivity contribution in [2.45, 2.75) is 19.3 Å². The molecule has 16 heavy (non-hydrogen) atoms.